The Kier molecular flexibility index (Phi) is 6.64. The minimum Gasteiger partial charge on any atom is -0.494 e. The van der Waals surface area contributed by atoms with E-state index in [1.807, 2.05) is 37.4 Å². The summed E-state index contributed by atoms with van der Waals surface area (Å²) in [6.45, 7) is 4.16. The van der Waals surface area contributed by atoms with Gasteiger partial charge in [-0.2, -0.15) is 0 Å². The highest BCUT2D eigenvalue weighted by molar-refractivity contribution is 7.80. The van der Waals surface area contributed by atoms with Gasteiger partial charge in [-0.3, -0.25) is 4.98 Å². The second-order valence-corrected chi connectivity index (χ2v) is 5.21. The number of hydrogen-bond acceptors (Lipinski definition) is 3. The quantitative estimate of drug-likeness (QED) is 0.769. The average molecular weight is 315 g/mol. The van der Waals surface area contributed by atoms with Crippen molar-refractivity contribution in [1.29, 1.82) is 0 Å². The predicted octanol–water partition coefficient (Wildman–Crippen LogP) is 2.69. The van der Waals surface area contributed by atoms with Crippen LogP contribution in [0, 0.1) is 0 Å². The normalized spacial score (nSPS) is 10.0. The summed E-state index contributed by atoms with van der Waals surface area (Å²) in [7, 11) is 0. The molecular weight excluding hydrogens is 294 g/mol. The standard InChI is InChI=1S/C17H21N3OS/c1-2-21-16-7-5-14(6-8-16)9-11-19-17(22)20-13-15-4-3-10-18-12-15/h3-8,10,12H,2,9,11,13H2,1H3,(H2,19,20,22). The lowest BCUT2D eigenvalue weighted by molar-refractivity contribution is 0.340. The monoisotopic (exact) mass is 315 g/mol. The maximum Gasteiger partial charge on any atom is 0.166 e. The van der Waals surface area contributed by atoms with E-state index in [2.05, 4.69) is 27.8 Å². The highest BCUT2D eigenvalue weighted by Crippen LogP contribution is 2.12. The summed E-state index contributed by atoms with van der Waals surface area (Å²) < 4.78 is 5.43. The maximum absolute atomic E-state index is 5.43. The number of ether oxygens (including phenoxy) is 1. The van der Waals surface area contributed by atoms with E-state index in [1.54, 1.807) is 6.20 Å². The molecular formula is C17H21N3OS. The molecule has 0 atom stereocenters. The molecule has 0 radical (unpaired) electrons. The van der Waals surface area contributed by atoms with Crippen molar-refractivity contribution in [3.8, 4) is 5.75 Å². The number of nitrogens with one attached hydrogen (secondary N) is 2. The van der Waals surface area contributed by atoms with E-state index in [1.165, 1.54) is 5.56 Å². The number of rotatable bonds is 7. The third kappa shape index (κ3) is 5.69. The smallest absolute Gasteiger partial charge is 0.166 e. The Morgan fingerprint density at radius 1 is 1.14 bits per heavy atom. The molecule has 22 heavy (non-hydrogen) atoms. The van der Waals surface area contributed by atoms with Crippen molar-refractivity contribution in [2.45, 2.75) is 19.9 Å². The zero-order valence-corrected chi connectivity index (χ0v) is 13.5. The number of pyridine rings is 1. The van der Waals surface area contributed by atoms with Crippen molar-refractivity contribution in [1.82, 2.24) is 15.6 Å². The van der Waals surface area contributed by atoms with Crippen LogP contribution in [-0.4, -0.2) is 23.2 Å². The zero-order chi connectivity index (χ0) is 15.6. The first-order chi connectivity index (χ1) is 10.8. The van der Waals surface area contributed by atoms with Gasteiger partial charge in [-0.25, -0.2) is 0 Å². The van der Waals surface area contributed by atoms with E-state index in [-0.39, 0.29) is 0 Å². The highest BCUT2D eigenvalue weighted by atomic mass is 32.1. The summed E-state index contributed by atoms with van der Waals surface area (Å²) in [5, 5.41) is 7.04. The van der Waals surface area contributed by atoms with Crippen LogP contribution >= 0.6 is 12.2 Å². The minimum absolute atomic E-state index is 0.662. The molecule has 2 N–H and O–H groups in total. The molecule has 1 heterocycles. The summed E-state index contributed by atoms with van der Waals surface area (Å²) in [4.78, 5) is 4.07. The molecule has 116 valence electrons. The number of nitrogens with zero attached hydrogens (tertiary/aromatic N) is 1. The summed E-state index contributed by atoms with van der Waals surface area (Å²) >= 11 is 5.26. The van der Waals surface area contributed by atoms with Crippen molar-refractivity contribution < 1.29 is 4.74 Å². The van der Waals surface area contributed by atoms with E-state index in [0.717, 1.165) is 24.3 Å². The van der Waals surface area contributed by atoms with Crippen LogP contribution in [0.4, 0.5) is 0 Å². The van der Waals surface area contributed by atoms with E-state index >= 15 is 0 Å². The number of aromatic nitrogens is 1. The summed E-state index contributed by atoms with van der Waals surface area (Å²) in [5.41, 5.74) is 2.36. The van der Waals surface area contributed by atoms with Crippen LogP contribution in [0.25, 0.3) is 0 Å². The van der Waals surface area contributed by atoms with Gasteiger partial charge in [0.1, 0.15) is 5.75 Å². The van der Waals surface area contributed by atoms with E-state index in [0.29, 0.717) is 18.3 Å². The first kappa shape index (κ1) is 16.2. The van der Waals surface area contributed by atoms with Crippen molar-refractivity contribution in [3.63, 3.8) is 0 Å². The van der Waals surface area contributed by atoms with Crippen LogP contribution in [0.15, 0.2) is 48.8 Å². The Morgan fingerprint density at radius 2 is 1.95 bits per heavy atom. The molecule has 0 spiro atoms. The number of benzene rings is 1. The van der Waals surface area contributed by atoms with Gasteiger partial charge in [0.15, 0.2) is 5.11 Å². The predicted molar refractivity (Wildman–Crippen MR) is 93.0 cm³/mol. The Labute approximate surface area is 136 Å². The number of thiocarbonyl (C=S) groups is 1. The molecule has 0 aliphatic carbocycles. The molecule has 1 aromatic carbocycles. The fourth-order valence-electron chi connectivity index (χ4n) is 1.99. The second kappa shape index (κ2) is 9.00. The van der Waals surface area contributed by atoms with Crippen LogP contribution in [0.1, 0.15) is 18.1 Å². The molecule has 4 nitrogen and oxygen atoms in total. The van der Waals surface area contributed by atoms with E-state index < -0.39 is 0 Å². The Morgan fingerprint density at radius 3 is 2.64 bits per heavy atom. The lowest BCUT2D eigenvalue weighted by Gasteiger charge is -2.10. The molecule has 2 aromatic rings. The van der Waals surface area contributed by atoms with Crippen molar-refractivity contribution >= 4 is 17.3 Å². The molecule has 0 fully saturated rings. The minimum atomic E-state index is 0.662. The zero-order valence-electron chi connectivity index (χ0n) is 12.7. The maximum atomic E-state index is 5.43. The fraction of sp³-hybridized carbons (Fsp3) is 0.294. The first-order valence-corrected chi connectivity index (χ1v) is 7.81. The molecule has 5 heteroatoms. The third-order valence-corrected chi connectivity index (χ3v) is 3.40. The van der Waals surface area contributed by atoms with Gasteiger partial charge in [0, 0.05) is 25.5 Å². The summed E-state index contributed by atoms with van der Waals surface area (Å²) in [6.07, 6.45) is 4.51. The lowest BCUT2D eigenvalue weighted by atomic mass is 10.1. The SMILES string of the molecule is CCOc1ccc(CCNC(=S)NCc2cccnc2)cc1. The van der Waals surface area contributed by atoms with Gasteiger partial charge in [0.05, 0.1) is 6.61 Å². The lowest BCUT2D eigenvalue weighted by Crippen LogP contribution is -2.35. The molecule has 0 bridgehead atoms. The van der Waals surface area contributed by atoms with Gasteiger partial charge >= 0.3 is 0 Å². The molecule has 0 aliphatic heterocycles. The highest BCUT2D eigenvalue weighted by Gasteiger charge is 1.98. The molecule has 2 rings (SSSR count). The first-order valence-electron chi connectivity index (χ1n) is 7.40. The van der Waals surface area contributed by atoms with Gasteiger partial charge in [0.2, 0.25) is 0 Å². The van der Waals surface area contributed by atoms with Gasteiger partial charge in [0.25, 0.3) is 0 Å². The largest absolute Gasteiger partial charge is 0.494 e. The molecule has 0 aliphatic rings. The van der Waals surface area contributed by atoms with Crippen LogP contribution in [0.3, 0.4) is 0 Å². The third-order valence-electron chi connectivity index (χ3n) is 3.11. The van der Waals surface area contributed by atoms with Crippen LogP contribution in [0.2, 0.25) is 0 Å². The van der Waals surface area contributed by atoms with Crippen molar-refractivity contribution in [2.75, 3.05) is 13.2 Å². The molecule has 0 amide bonds. The molecule has 0 saturated heterocycles. The van der Waals surface area contributed by atoms with E-state index in [4.69, 9.17) is 17.0 Å². The van der Waals surface area contributed by atoms with Gasteiger partial charge in [-0.1, -0.05) is 18.2 Å². The molecule has 1 aromatic heterocycles. The van der Waals surface area contributed by atoms with Crippen LogP contribution < -0.4 is 15.4 Å². The summed E-state index contributed by atoms with van der Waals surface area (Å²) in [6, 6.07) is 12.1. The van der Waals surface area contributed by atoms with Crippen LogP contribution in [0.5, 0.6) is 5.75 Å². The van der Waals surface area contributed by atoms with Gasteiger partial charge in [-0.05, 0) is 54.9 Å². The topological polar surface area (TPSA) is 46.2 Å². The second-order valence-electron chi connectivity index (χ2n) is 4.80. The van der Waals surface area contributed by atoms with Crippen molar-refractivity contribution in [3.05, 3.63) is 59.9 Å². The van der Waals surface area contributed by atoms with Gasteiger partial charge < -0.3 is 15.4 Å². The van der Waals surface area contributed by atoms with Gasteiger partial charge in [-0.15, -0.1) is 0 Å². The molecule has 0 saturated carbocycles. The molecule has 0 unspecified atom stereocenters. The average Bonchev–Trinajstić information content (AvgIpc) is 2.56. The Balaban J connectivity index is 1.66. The fourth-order valence-corrected chi connectivity index (χ4v) is 2.16. The van der Waals surface area contributed by atoms with Crippen LogP contribution in [-0.2, 0) is 13.0 Å². The Bertz CT molecular complexity index is 572. The summed E-state index contributed by atoms with van der Waals surface area (Å²) in [5.74, 6) is 0.910. The van der Waals surface area contributed by atoms with Crippen molar-refractivity contribution in [2.24, 2.45) is 0 Å². The Hall–Kier alpha value is -2.14. The van der Waals surface area contributed by atoms with E-state index in [9.17, 15) is 0 Å². The number of hydrogen-bond donors (Lipinski definition) is 2.